The molecule has 0 aromatic carbocycles. The number of thiazole rings is 2. The Balaban J connectivity index is 1.51. The summed E-state index contributed by atoms with van der Waals surface area (Å²) in [5.74, 6) is -0.226. The molecule has 2 aromatic heterocycles. The number of carbonyl (C=O) groups is 2. The van der Waals surface area contributed by atoms with E-state index in [0.717, 1.165) is 35.7 Å². The van der Waals surface area contributed by atoms with E-state index in [1.807, 2.05) is 31.1 Å². The van der Waals surface area contributed by atoms with Crippen LogP contribution in [0.3, 0.4) is 0 Å². The van der Waals surface area contributed by atoms with E-state index >= 15 is 0 Å². The fourth-order valence-electron chi connectivity index (χ4n) is 2.92. The van der Waals surface area contributed by atoms with Gasteiger partial charge in [0.2, 0.25) is 11.8 Å². The lowest BCUT2D eigenvalue weighted by molar-refractivity contribution is -0.123. The third-order valence-corrected chi connectivity index (χ3v) is 6.23. The number of piperidine rings is 1. The second kappa shape index (κ2) is 8.24. The van der Waals surface area contributed by atoms with Gasteiger partial charge in [-0.15, -0.1) is 22.7 Å². The van der Waals surface area contributed by atoms with Gasteiger partial charge in [0, 0.05) is 16.8 Å². The number of amides is 2. The van der Waals surface area contributed by atoms with E-state index in [1.165, 1.54) is 22.7 Å². The van der Waals surface area contributed by atoms with Gasteiger partial charge in [-0.1, -0.05) is 0 Å². The molecule has 0 bridgehead atoms. The lowest BCUT2D eigenvalue weighted by Gasteiger charge is -2.31. The molecule has 1 fully saturated rings. The molecule has 7 nitrogen and oxygen atoms in total. The van der Waals surface area contributed by atoms with Crippen LogP contribution >= 0.6 is 22.7 Å². The average Bonchev–Trinajstić information content (AvgIpc) is 3.12. The second-order valence-corrected chi connectivity index (χ2v) is 8.63. The van der Waals surface area contributed by atoms with Gasteiger partial charge in [0.1, 0.15) is 0 Å². The van der Waals surface area contributed by atoms with E-state index < -0.39 is 0 Å². The minimum Gasteiger partial charge on any atom is -0.302 e. The highest BCUT2D eigenvalue weighted by atomic mass is 32.1. The second-order valence-electron chi connectivity index (χ2n) is 6.57. The fourth-order valence-corrected chi connectivity index (χ4v) is 4.44. The monoisotopic (exact) mass is 393 g/mol. The normalized spacial score (nSPS) is 17.9. The Morgan fingerprint density at radius 3 is 2.69 bits per heavy atom. The Hall–Kier alpha value is -1.84. The van der Waals surface area contributed by atoms with Gasteiger partial charge in [-0.2, -0.15) is 0 Å². The largest absolute Gasteiger partial charge is 0.302 e. The Morgan fingerprint density at radius 1 is 1.23 bits per heavy atom. The molecule has 9 heteroatoms. The predicted molar refractivity (Wildman–Crippen MR) is 105 cm³/mol. The first-order chi connectivity index (χ1) is 12.4. The Kier molecular flexibility index (Phi) is 6.00. The van der Waals surface area contributed by atoms with Gasteiger partial charge < -0.3 is 10.6 Å². The lowest BCUT2D eigenvalue weighted by Crippen LogP contribution is -2.43. The zero-order valence-electron chi connectivity index (χ0n) is 15.2. The van der Waals surface area contributed by atoms with Crippen molar-refractivity contribution in [3.8, 4) is 0 Å². The van der Waals surface area contributed by atoms with Crippen molar-refractivity contribution in [1.82, 2.24) is 14.9 Å². The summed E-state index contributed by atoms with van der Waals surface area (Å²) in [5, 5.41) is 8.93. The third kappa shape index (κ3) is 4.87. The van der Waals surface area contributed by atoms with Gasteiger partial charge in [0.25, 0.3) is 0 Å². The molecular weight excluding hydrogens is 370 g/mol. The van der Waals surface area contributed by atoms with Crippen LogP contribution in [0, 0.1) is 26.7 Å². The molecule has 2 aromatic rings. The maximum absolute atomic E-state index is 12.5. The summed E-state index contributed by atoms with van der Waals surface area (Å²) in [5.41, 5.74) is 1.84. The van der Waals surface area contributed by atoms with Crippen molar-refractivity contribution in [3.05, 3.63) is 21.6 Å². The molecule has 1 atom stereocenters. The number of hydrogen-bond donors (Lipinski definition) is 2. The van der Waals surface area contributed by atoms with Crippen LogP contribution in [0.1, 0.15) is 29.1 Å². The topological polar surface area (TPSA) is 87.2 Å². The summed E-state index contributed by atoms with van der Waals surface area (Å²) in [4.78, 5) is 36.5. The maximum Gasteiger partial charge on any atom is 0.240 e. The highest BCUT2D eigenvalue weighted by Gasteiger charge is 2.27. The number of hydrogen-bond acceptors (Lipinski definition) is 7. The summed E-state index contributed by atoms with van der Waals surface area (Å²) in [6, 6.07) is 0. The van der Waals surface area contributed by atoms with E-state index in [-0.39, 0.29) is 24.3 Å². The Labute approximate surface area is 160 Å². The Bertz CT molecular complexity index is 781. The van der Waals surface area contributed by atoms with Crippen LogP contribution in [0.15, 0.2) is 5.38 Å². The average molecular weight is 394 g/mol. The predicted octanol–water partition coefficient (Wildman–Crippen LogP) is 2.81. The van der Waals surface area contributed by atoms with Crippen LogP contribution < -0.4 is 10.6 Å². The van der Waals surface area contributed by atoms with Crippen LogP contribution in [-0.2, 0) is 9.59 Å². The summed E-state index contributed by atoms with van der Waals surface area (Å²) >= 11 is 2.91. The number of carbonyl (C=O) groups excluding carboxylic acids is 2. The molecule has 0 spiro atoms. The number of nitrogens with one attached hydrogen (secondary N) is 2. The Morgan fingerprint density at radius 2 is 2.04 bits per heavy atom. The molecule has 0 aliphatic carbocycles. The molecule has 2 amide bonds. The molecule has 1 aliphatic rings. The molecular formula is C17H23N5O2S2. The van der Waals surface area contributed by atoms with E-state index in [4.69, 9.17) is 0 Å². The third-order valence-electron chi connectivity index (χ3n) is 4.37. The van der Waals surface area contributed by atoms with Gasteiger partial charge in [0.05, 0.1) is 23.9 Å². The van der Waals surface area contributed by atoms with Crippen LogP contribution in [0.25, 0.3) is 0 Å². The molecule has 1 saturated heterocycles. The summed E-state index contributed by atoms with van der Waals surface area (Å²) in [6.07, 6.45) is 1.73. The van der Waals surface area contributed by atoms with Crippen molar-refractivity contribution < 1.29 is 9.59 Å². The van der Waals surface area contributed by atoms with Gasteiger partial charge in [0.15, 0.2) is 10.3 Å². The number of rotatable bonds is 5. The van der Waals surface area contributed by atoms with Gasteiger partial charge >= 0.3 is 0 Å². The van der Waals surface area contributed by atoms with Gasteiger partial charge in [-0.25, -0.2) is 9.97 Å². The highest BCUT2D eigenvalue weighted by molar-refractivity contribution is 7.15. The number of likely N-dealkylation sites (tertiary alicyclic amines) is 1. The van der Waals surface area contributed by atoms with E-state index in [2.05, 4.69) is 20.6 Å². The van der Waals surface area contributed by atoms with Gasteiger partial charge in [-0.05, 0) is 40.2 Å². The van der Waals surface area contributed by atoms with Crippen molar-refractivity contribution in [2.75, 3.05) is 30.3 Å². The standard InChI is InChI=1S/C17H23N5O2S2/c1-10-9-25-16(18-10)21-15(24)13-5-4-6-22(7-13)8-14(23)20-17-19-11(2)12(3)26-17/h9,13H,4-8H2,1-3H3,(H,18,21,24)(H,19,20,23). The van der Waals surface area contributed by atoms with Crippen LogP contribution in [0.4, 0.5) is 10.3 Å². The summed E-state index contributed by atoms with van der Waals surface area (Å²) < 4.78 is 0. The van der Waals surface area contributed by atoms with Crippen molar-refractivity contribution in [2.45, 2.75) is 33.6 Å². The zero-order valence-corrected chi connectivity index (χ0v) is 16.8. The van der Waals surface area contributed by atoms with Crippen LogP contribution in [0.2, 0.25) is 0 Å². The quantitative estimate of drug-likeness (QED) is 0.816. The molecule has 1 aliphatic heterocycles. The number of nitrogens with zero attached hydrogens (tertiary/aromatic N) is 3. The molecule has 140 valence electrons. The number of anilines is 2. The van der Waals surface area contributed by atoms with E-state index in [0.29, 0.717) is 16.8 Å². The van der Waals surface area contributed by atoms with Crippen molar-refractivity contribution in [2.24, 2.45) is 5.92 Å². The summed E-state index contributed by atoms with van der Waals surface area (Å²) in [7, 11) is 0. The van der Waals surface area contributed by atoms with Crippen molar-refractivity contribution in [3.63, 3.8) is 0 Å². The zero-order chi connectivity index (χ0) is 18.7. The molecule has 26 heavy (non-hydrogen) atoms. The minimum absolute atomic E-state index is 0.0179. The van der Waals surface area contributed by atoms with Crippen molar-refractivity contribution in [1.29, 1.82) is 0 Å². The molecule has 1 unspecified atom stereocenters. The fraction of sp³-hybridized carbons (Fsp3) is 0.529. The lowest BCUT2D eigenvalue weighted by atomic mass is 9.97. The van der Waals surface area contributed by atoms with E-state index in [1.54, 1.807) is 0 Å². The van der Waals surface area contributed by atoms with Crippen LogP contribution in [-0.4, -0.2) is 46.3 Å². The summed E-state index contributed by atoms with van der Waals surface area (Å²) in [6.45, 7) is 7.50. The SMILES string of the molecule is Cc1csc(NC(=O)C2CCCN(CC(=O)Nc3nc(C)c(C)s3)C2)n1. The minimum atomic E-state index is -0.120. The first kappa shape index (κ1) is 18.9. The first-order valence-electron chi connectivity index (χ1n) is 8.60. The highest BCUT2D eigenvalue weighted by Crippen LogP contribution is 2.22. The molecule has 2 N–H and O–H groups in total. The molecule has 0 saturated carbocycles. The van der Waals surface area contributed by atoms with E-state index in [9.17, 15) is 9.59 Å². The number of aryl methyl sites for hydroxylation is 3. The molecule has 0 radical (unpaired) electrons. The first-order valence-corrected chi connectivity index (χ1v) is 10.3. The number of aromatic nitrogens is 2. The van der Waals surface area contributed by atoms with Crippen molar-refractivity contribution >= 4 is 44.8 Å². The maximum atomic E-state index is 12.5. The van der Waals surface area contributed by atoms with Crippen LogP contribution in [0.5, 0.6) is 0 Å². The van der Waals surface area contributed by atoms with Gasteiger partial charge in [-0.3, -0.25) is 14.5 Å². The molecule has 3 heterocycles. The smallest absolute Gasteiger partial charge is 0.240 e. The molecule has 3 rings (SSSR count).